The van der Waals surface area contributed by atoms with Crippen LogP contribution in [0.1, 0.15) is 47.5 Å². The van der Waals surface area contributed by atoms with Gasteiger partial charge in [-0.05, 0) is 41.4 Å². The van der Waals surface area contributed by atoms with Gasteiger partial charge in [0.2, 0.25) is 0 Å². The Morgan fingerprint density at radius 1 is 1.17 bits per heavy atom. The molecule has 0 aromatic heterocycles. The smallest absolute Gasteiger partial charge is 0.0176 e. The molecule has 0 amide bonds. The van der Waals surface area contributed by atoms with Crippen LogP contribution in [0.3, 0.4) is 0 Å². The molecule has 12 heavy (non-hydrogen) atoms. The van der Waals surface area contributed by atoms with Crippen molar-refractivity contribution < 1.29 is 0 Å². The lowest BCUT2D eigenvalue weighted by atomic mass is 9.72. The van der Waals surface area contributed by atoms with Crippen LogP contribution >= 0.6 is 0 Å². The van der Waals surface area contributed by atoms with Gasteiger partial charge >= 0.3 is 0 Å². The maximum Gasteiger partial charge on any atom is -0.0176 e. The van der Waals surface area contributed by atoms with Crippen LogP contribution in [0.4, 0.5) is 0 Å². The summed E-state index contributed by atoms with van der Waals surface area (Å²) in [5.74, 6) is 2.93. The van der Waals surface area contributed by atoms with E-state index >= 15 is 0 Å². The highest BCUT2D eigenvalue weighted by Gasteiger charge is 2.88. The first-order valence-electron chi connectivity index (χ1n) is 5.54. The van der Waals surface area contributed by atoms with Crippen molar-refractivity contribution >= 4 is 0 Å². The average molecular weight is 166 g/mol. The topological polar surface area (TPSA) is 0 Å². The highest BCUT2D eigenvalue weighted by Crippen LogP contribution is 2.93. The zero-order valence-corrected chi connectivity index (χ0v) is 9.15. The Hall–Kier alpha value is 0. The first-order chi connectivity index (χ1) is 5.54. The summed E-state index contributed by atoms with van der Waals surface area (Å²) in [6, 6.07) is 0. The van der Waals surface area contributed by atoms with Gasteiger partial charge in [0.15, 0.2) is 0 Å². The van der Waals surface area contributed by atoms with Crippen LogP contribution in [-0.2, 0) is 0 Å². The Morgan fingerprint density at radius 2 is 1.75 bits per heavy atom. The largest absolute Gasteiger partial charge is 0.0648 e. The summed E-state index contributed by atoms with van der Waals surface area (Å²) in [7, 11) is 0. The third-order valence-corrected chi connectivity index (χ3v) is 5.05. The molecule has 2 aliphatic carbocycles. The minimum absolute atomic E-state index is 0.765. The van der Waals surface area contributed by atoms with Crippen LogP contribution in [0.2, 0.25) is 0 Å². The molecule has 2 aliphatic rings. The van der Waals surface area contributed by atoms with Crippen molar-refractivity contribution in [1.29, 1.82) is 0 Å². The Bertz CT molecular complexity index is 204. The molecule has 0 radical (unpaired) electrons. The Kier molecular flexibility index (Phi) is 1.49. The predicted molar refractivity (Wildman–Crippen MR) is 52.9 cm³/mol. The molecule has 0 aromatic rings. The van der Waals surface area contributed by atoms with E-state index in [-0.39, 0.29) is 0 Å². The highest BCUT2D eigenvalue weighted by molar-refractivity contribution is 5.35. The van der Waals surface area contributed by atoms with E-state index in [0.717, 1.165) is 28.6 Å². The zero-order valence-electron chi connectivity index (χ0n) is 9.15. The lowest BCUT2D eigenvalue weighted by Crippen LogP contribution is -2.25. The summed E-state index contributed by atoms with van der Waals surface area (Å²) in [6.07, 6.45) is 2.95. The van der Waals surface area contributed by atoms with Crippen molar-refractivity contribution in [3.63, 3.8) is 0 Å². The minimum atomic E-state index is 0.765. The normalized spacial score (nSPS) is 49.8. The molecule has 0 bridgehead atoms. The Morgan fingerprint density at radius 3 is 1.83 bits per heavy atom. The Labute approximate surface area is 76.7 Å². The maximum absolute atomic E-state index is 2.42. The number of rotatable bonds is 3. The molecular formula is C12H22. The van der Waals surface area contributed by atoms with Gasteiger partial charge in [0.25, 0.3) is 0 Å². The van der Waals surface area contributed by atoms with E-state index in [9.17, 15) is 0 Å². The van der Waals surface area contributed by atoms with Gasteiger partial charge in [-0.25, -0.2) is 0 Å². The van der Waals surface area contributed by atoms with Crippen molar-refractivity contribution in [3.8, 4) is 0 Å². The van der Waals surface area contributed by atoms with Gasteiger partial charge in [0.05, 0.1) is 0 Å². The van der Waals surface area contributed by atoms with Crippen molar-refractivity contribution in [2.24, 2.45) is 28.6 Å². The quantitative estimate of drug-likeness (QED) is 0.599. The van der Waals surface area contributed by atoms with Crippen LogP contribution in [-0.4, -0.2) is 0 Å². The standard InChI is InChI=1S/C12H22/c1-6-11(8(2)3)10-7-12(10,11)9(4)5/h8-10H,6-7H2,1-5H3. The second kappa shape index (κ2) is 2.08. The molecule has 0 spiro atoms. The maximum atomic E-state index is 2.42. The molecule has 3 unspecified atom stereocenters. The average Bonchev–Trinajstić information content (AvgIpc) is 2.71. The van der Waals surface area contributed by atoms with Gasteiger partial charge in [0.1, 0.15) is 0 Å². The third-order valence-electron chi connectivity index (χ3n) is 5.05. The summed E-state index contributed by atoms with van der Waals surface area (Å²) in [5, 5.41) is 0. The van der Waals surface area contributed by atoms with E-state index in [1.807, 2.05) is 0 Å². The van der Waals surface area contributed by atoms with E-state index < -0.39 is 0 Å². The molecule has 2 saturated carbocycles. The number of fused-ring (bicyclic) bond motifs is 1. The molecule has 0 heterocycles. The van der Waals surface area contributed by atoms with Crippen LogP contribution in [0, 0.1) is 28.6 Å². The van der Waals surface area contributed by atoms with E-state index in [0.29, 0.717) is 0 Å². The Balaban J connectivity index is 2.18. The molecule has 2 rings (SSSR count). The second-order valence-electron chi connectivity index (χ2n) is 5.50. The molecular weight excluding hydrogens is 144 g/mol. The SMILES string of the molecule is CCC1(C(C)C)C2CC21C(C)C. The van der Waals surface area contributed by atoms with Crippen molar-refractivity contribution in [2.45, 2.75) is 47.5 Å². The van der Waals surface area contributed by atoms with Crippen molar-refractivity contribution in [2.75, 3.05) is 0 Å². The second-order valence-corrected chi connectivity index (χ2v) is 5.50. The van der Waals surface area contributed by atoms with E-state index in [1.54, 1.807) is 0 Å². The fourth-order valence-corrected chi connectivity index (χ4v) is 4.36. The molecule has 0 heteroatoms. The molecule has 2 fully saturated rings. The first kappa shape index (κ1) is 8.59. The highest BCUT2D eigenvalue weighted by atomic mass is 14.9. The van der Waals surface area contributed by atoms with Crippen LogP contribution in [0.25, 0.3) is 0 Å². The summed E-state index contributed by atoms with van der Waals surface area (Å²) < 4.78 is 0. The van der Waals surface area contributed by atoms with Crippen LogP contribution in [0.5, 0.6) is 0 Å². The molecule has 70 valence electrons. The minimum Gasteiger partial charge on any atom is -0.0648 e. The van der Waals surface area contributed by atoms with Crippen LogP contribution in [0.15, 0.2) is 0 Å². The number of hydrogen-bond donors (Lipinski definition) is 0. The van der Waals surface area contributed by atoms with Gasteiger partial charge in [-0.1, -0.05) is 34.6 Å². The van der Waals surface area contributed by atoms with E-state index in [2.05, 4.69) is 34.6 Å². The number of hydrogen-bond acceptors (Lipinski definition) is 0. The summed E-state index contributed by atoms with van der Waals surface area (Å²) in [6.45, 7) is 12.1. The van der Waals surface area contributed by atoms with Gasteiger partial charge in [-0.3, -0.25) is 0 Å². The predicted octanol–water partition coefficient (Wildman–Crippen LogP) is 3.71. The summed E-state index contributed by atoms with van der Waals surface area (Å²) in [4.78, 5) is 0. The lowest BCUT2D eigenvalue weighted by molar-refractivity contribution is 0.165. The molecule has 0 aromatic carbocycles. The van der Waals surface area contributed by atoms with Gasteiger partial charge in [0, 0.05) is 0 Å². The summed E-state index contributed by atoms with van der Waals surface area (Å²) >= 11 is 0. The van der Waals surface area contributed by atoms with Gasteiger partial charge in [-0.15, -0.1) is 0 Å². The molecule has 3 atom stereocenters. The van der Waals surface area contributed by atoms with Gasteiger partial charge in [-0.2, -0.15) is 0 Å². The lowest BCUT2D eigenvalue weighted by Gasteiger charge is -2.32. The molecule has 0 saturated heterocycles. The molecule has 0 aliphatic heterocycles. The first-order valence-corrected chi connectivity index (χ1v) is 5.54. The monoisotopic (exact) mass is 166 g/mol. The van der Waals surface area contributed by atoms with Crippen molar-refractivity contribution in [1.82, 2.24) is 0 Å². The van der Waals surface area contributed by atoms with E-state index in [1.165, 1.54) is 12.8 Å². The summed E-state index contributed by atoms with van der Waals surface area (Å²) in [5.41, 5.74) is 1.57. The van der Waals surface area contributed by atoms with E-state index in [4.69, 9.17) is 0 Å². The molecule has 0 nitrogen and oxygen atoms in total. The third kappa shape index (κ3) is 0.592. The fourth-order valence-electron chi connectivity index (χ4n) is 4.36. The van der Waals surface area contributed by atoms with Gasteiger partial charge < -0.3 is 0 Å². The molecule has 0 N–H and O–H groups in total. The van der Waals surface area contributed by atoms with Crippen LogP contribution < -0.4 is 0 Å². The fraction of sp³-hybridized carbons (Fsp3) is 1.00. The zero-order chi connectivity index (χ0) is 9.15. The van der Waals surface area contributed by atoms with Crippen molar-refractivity contribution in [3.05, 3.63) is 0 Å².